The number of aromatic hydroxyl groups is 1. The maximum absolute atomic E-state index is 10.6. The summed E-state index contributed by atoms with van der Waals surface area (Å²) in [6, 6.07) is 18.3. The van der Waals surface area contributed by atoms with Crippen molar-refractivity contribution in [1.29, 1.82) is 0 Å². The number of nitrogens with zero attached hydrogens (tertiary/aromatic N) is 4. The van der Waals surface area contributed by atoms with Crippen LogP contribution in [0.5, 0.6) is 11.5 Å². The number of carboxylic acids is 1. The van der Waals surface area contributed by atoms with Crippen LogP contribution in [0.3, 0.4) is 0 Å². The van der Waals surface area contributed by atoms with E-state index < -0.39 is 5.97 Å². The van der Waals surface area contributed by atoms with Crippen LogP contribution in [-0.4, -0.2) is 58.2 Å². The summed E-state index contributed by atoms with van der Waals surface area (Å²) in [5.41, 5.74) is 9.63. The molecule has 9 nitrogen and oxygen atoms in total. The molecule has 0 saturated carbocycles. The lowest BCUT2D eigenvalue weighted by Gasteiger charge is -2.43. The number of nitrogen functional groups attached to an aromatic ring is 1. The van der Waals surface area contributed by atoms with Gasteiger partial charge in [0.2, 0.25) is 0 Å². The number of unbranched alkanes of at least 4 members (excludes halogenated alkanes) is 6. The molecule has 2 aliphatic heterocycles. The van der Waals surface area contributed by atoms with Crippen LogP contribution in [0.15, 0.2) is 54.6 Å². The summed E-state index contributed by atoms with van der Waals surface area (Å²) in [4.78, 5) is 15.4. The second kappa shape index (κ2) is 13.6. The summed E-state index contributed by atoms with van der Waals surface area (Å²) in [5.74, 6) is 0.793. The molecule has 2 aromatic carbocycles. The van der Waals surface area contributed by atoms with Gasteiger partial charge in [-0.3, -0.25) is 4.79 Å². The minimum Gasteiger partial charge on any atom is -0.507 e. The van der Waals surface area contributed by atoms with Crippen LogP contribution in [0, 0.1) is 0 Å². The Morgan fingerprint density at radius 1 is 0.902 bits per heavy atom. The number of aliphatic carboxylic acids is 1. The fraction of sp³-hybridized carbons (Fsp3) is 0.469. The number of phenols is 1. The van der Waals surface area contributed by atoms with Gasteiger partial charge in [0.15, 0.2) is 5.82 Å². The van der Waals surface area contributed by atoms with Crippen molar-refractivity contribution in [2.24, 2.45) is 0 Å². The monoisotopic (exact) mass is 559 g/mol. The maximum Gasteiger partial charge on any atom is 0.303 e. The Hall–Kier alpha value is -4.01. The lowest BCUT2D eigenvalue weighted by Crippen LogP contribution is -2.54. The highest BCUT2D eigenvalue weighted by Gasteiger charge is 2.40. The van der Waals surface area contributed by atoms with Crippen molar-refractivity contribution in [2.45, 2.75) is 76.3 Å². The average molecular weight is 560 g/mol. The molecular weight excluding hydrogens is 518 g/mol. The zero-order valence-corrected chi connectivity index (χ0v) is 23.6. The molecule has 3 heterocycles. The third-order valence-electron chi connectivity index (χ3n) is 8.22. The van der Waals surface area contributed by atoms with E-state index in [9.17, 15) is 9.90 Å². The summed E-state index contributed by atoms with van der Waals surface area (Å²) in [7, 11) is 0. The highest BCUT2D eigenvalue weighted by Crippen LogP contribution is 2.39. The normalized spacial score (nSPS) is 18.0. The summed E-state index contributed by atoms with van der Waals surface area (Å²) in [6.07, 6.45) is 9.86. The fourth-order valence-corrected chi connectivity index (χ4v) is 6.17. The number of para-hydroxylation sites is 1. The third kappa shape index (κ3) is 7.20. The van der Waals surface area contributed by atoms with Crippen molar-refractivity contribution in [1.82, 2.24) is 10.2 Å². The summed E-state index contributed by atoms with van der Waals surface area (Å²) in [5, 5.41) is 27.5. The number of hydrogen-bond donors (Lipinski definition) is 3. The van der Waals surface area contributed by atoms with Gasteiger partial charge in [0, 0.05) is 48.9 Å². The minimum atomic E-state index is -0.700. The van der Waals surface area contributed by atoms with Crippen molar-refractivity contribution in [3.63, 3.8) is 0 Å². The second-order valence-corrected chi connectivity index (χ2v) is 11.2. The van der Waals surface area contributed by atoms with Gasteiger partial charge in [0.1, 0.15) is 11.5 Å². The maximum atomic E-state index is 10.6. The van der Waals surface area contributed by atoms with Gasteiger partial charge in [-0.2, -0.15) is 0 Å². The number of piperazine rings is 1. The Kier molecular flexibility index (Phi) is 9.44. The first-order chi connectivity index (χ1) is 20.0. The first kappa shape index (κ1) is 28.5. The van der Waals surface area contributed by atoms with E-state index in [0.717, 1.165) is 82.3 Å². The molecule has 2 atom stereocenters. The molecular formula is C32H41N5O4. The van der Waals surface area contributed by atoms with Crippen LogP contribution >= 0.6 is 0 Å². The molecule has 0 spiro atoms. The van der Waals surface area contributed by atoms with Crippen LogP contribution in [-0.2, 0) is 4.79 Å². The number of fused-ring (bicyclic) bond motifs is 2. The molecule has 3 aromatic rings. The van der Waals surface area contributed by atoms with Crippen molar-refractivity contribution in [3.05, 3.63) is 54.6 Å². The van der Waals surface area contributed by atoms with Crippen LogP contribution in [0.1, 0.15) is 64.2 Å². The lowest BCUT2D eigenvalue weighted by molar-refractivity contribution is -0.137. The number of rotatable bonds is 14. The first-order valence-corrected chi connectivity index (χ1v) is 14.9. The highest BCUT2D eigenvalue weighted by molar-refractivity contribution is 5.74. The van der Waals surface area contributed by atoms with E-state index >= 15 is 0 Å². The molecule has 41 heavy (non-hydrogen) atoms. The van der Waals surface area contributed by atoms with Gasteiger partial charge in [0.25, 0.3) is 0 Å². The molecule has 2 saturated heterocycles. The van der Waals surface area contributed by atoms with E-state index in [4.69, 9.17) is 15.6 Å². The zero-order chi connectivity index (χ0) is 28.6. The topological polar surface area (TPSA) is 125 Å². The molecule has 2 aliphatic rings. The molecule has 1 aromatic heterocycles. The van der Waals surface area contributed by atoms with Crippen LogP contribution < -0.4 is 20.3 Å². The smallest absolute Gasteiger partial charge is 0.303 e. The standard InChI is InChI=1S/C32H41N5O4/c33-32-29(20-28(34-35-32)27-13-7-8-14-30(27)38)36-21-24-16-17-25(22-36)37(24)23-11-10-12-26(19-23)41-18-9-5-3-1-2-4-6-15-31(39)40/h7-8,10-14,19-20,24-25,38H,1-6,9,15-18,21-22H2,(H2,33,35)(H,39,40). The second-order valence-electron chi connectivity index (χ2n) is 11.2. The number of hydrogen-bond acceptors (Lipinski definition) is 8. The SMILES string of the molecule is Nc1nnc(-c2ccccc2O)cc1N1CC2CCC(C1)N2c1cccc(OCCCCCCCCCC(=O)O)c1. The Balaban J connectivity index is 1.13. The lowest BCUT2D eigenvalue weighted by atomic mass is 10.1. The van der Waals surface area contributed by atoms with Gasteiger partial charge in [-0.05, 0) is 56.0 Å². The Morgan fingerprint density at radius 2 is 1.61 bits per heavy atom. The molecule has 0 radical (unpaired) electrons. The number of carbonyl (C=O) groups is 1. The minimum absolute atomic E-state index is 0.175. The van der Waals surface area contributed by atoms with Crippen LogP contribution in [0.4, 0.5) is 17.2 Å². The number of aromatic nitrogens is 2. The van der Waals surface area contributed by atoms with Crippen molar-refractivity contribution in [3.8, 4) is 22.8 Å². The van der Waals surface area contributed by atoms with Crippen molar-refractivity contribution >= 4 is 23.2 Å². The predicted molar refractivity (Wildman–Crippen MR) is 162 cm³/mol. The third-order valence-corrected chi connectivity index (χ3v) is 8.22. The van der Waals surface area contributed by atoms with Crippen LogP contribution in [0.25, 0.3) is 11.3 Å². The van der Waals surface area contributed by atoms with Crippen molar-refractivity contribution < 1.29 is 19.7 Å². The highest BCUT2D eigenvalue weighted by atomic mass is 16.5. The largest absolute Gasteiger partial charge is 0.507 e. The molecule has 9 heteroatoms. The molecule has 218 valence electrons. The number of nitrogens with two attached hydrogens (primary N) is 1. The van der Waals surface area contributed by atoms with Gasteiger partial charge in [-0.25, -0.2) is 0 Å². The van der Waals surface area contributed by atoms with E-state index in [1.54, 1.807) is 12.1 Å². The number of ether oxygens (including phenoxy) is 1. The van der Waals surface area contributed by atoms with Gasteiger partial charge in [0.05, 0.1) is 18.0 Å². The molecule has 0 aliphatic carbocycles. The number of carboxylic acid groups (broad SMARTS) is 1. The Labute approximate surface area is 242 Å². The molecule has 4 N–H and O–H groups in total. The molecule has 2 unspecified atom stereocenters. The summed E-state index contributed by atoms with van der Waals surface area (Å²) >= 11 is 0. The van der Waals surface area contributed by atoms with Gasteiger partial charge < -0.3 is 30.5 Å². The summed E-state index contributed by atoms with van der Waals surface area (Å²) < 4.78 is 6.12. The molecule has 5 rings (SSSR count). The van der Waals surface area contributed by atoms with Gasteiger partial charge in [-0.15, -0.1) is 10.2 Å². The summed E-state index contributed by atoms with van der Waals surface area (Å²) in [6.45, 7) is 2.39. The quantitative estimate of drug-likeness (QED) is 0.208. The molecule has 2 fully saturated rings. The molecule has 0 amide bonds. The van der Waals surface area contributed by atoms with E-state index in [1.807, 2.05) is 24.3 Å². The average Bonchev–Trinajstić information content (AvgIpc) is 3.24. The van der Waals surface area contributed by atoms with Gasteiger partial charge >= 0.3 is 5.97 Å². The zero-order valence-electron chi connectivity index (χ0n) is 23.6. The van der Waals surface area contributed by atoms with E-state index in [-0.39, 0.29) is 12.2 Å². The van der Waals surface area contributed by atoms with Gasteiger partial charge in [-0.1, -0.05) is 50.3 Å². The van der Waals surface area contributed by atoms with Crippen molar-refractivity contribution in [2.75, 3.05) is 35.2 Å². The fourth-order valence-electron chi connectivity index (χ4n) is 6.17. The number of benzene rings is 2. The van der Waals surface area contributed by atoms with E-state index in [2.05, 4.69) is 38.2 Å². The van der Waals surface area contributed by atoms with Crippen LogP contribution in [0.2, 0.25) is 0 Å². The van der Waals surface area contributed by atoms with E-state index in [0.29, 0.717) is 35.8 Å². The predicted octanol–water partition coefficient (Wildman–Crippen LogP) is 5.87. The Bertz CT molecular complexity index is 1300. The number of phenolic OH excluding ortho intramolecular Hbond substituents is 1. The molecule has 2 bridgehead atoms. The first-order valence-electron chi connectivity index (χ1n) is 14.9. The Morgan fingerprint density at radius 3 is 2.34 bits per heavy atom. The number of anilines is 3. The van der Waals surface area contributed by atoms with E-state index in [1.165, 1.54) is 5.69 Å².